The van der Waals surface area contributed by atoms with Gasteiger partial charge in [-0.2, -0.15) is 0 Å². The lowest BCUT2D eigenvalue weighted by Crippen LogP contribution is -2.14. The van der Waals surface area contributed by atoms with Crippen LogP contribution in [0.3, 0.4) is 0 Å². The van der Waals surface area contributed by atoms with E-state index in [9.17, 15) is 4.39 Å². The van der Waals surface area contributed by atoms with Crippen molar-refractivity contribution < 1.29 is 9.13 Å². The highest BCUT2D eigenvalue weighted by atomic mass is 35.5. The Morgan fingerprint density at radius 2 is 2.05 bits per heavy atom. The van der Waals surface area contributed by atoms with Crippen molar-refractivity contribution in [3.05, 3.63) is 52.8 Å². The standard InChI is InChI=1S/C17H19ClFNO/c1-3-9-20-11-13-8-7-12(10-15(13)18)14-5-4-6-16(21-2)17(14)19/h4-8,10,20H,3,9,11H2,1-2H3. The van der Waals surface area contributed by atoms with Crippen molar-refractivity contribution >= 4 is 11.6 Å². The van der Waals surface area contributed by atoms with Crippen LogP contribution in [-0.2, 0) is 6.54 Å². The van der Waals surface area contributed by atoms with Crippen LogP contribution in [-0.4, -0.2) is 13.7 Å². The van der Waals surface area contributed by atoms with E-state index >= 15 is 0 Å². The average Bonchev–Trinajstić information content (AvgIpc) is 2.49. The summed E-state index contributed by atoms with van der Waals surface area (Å²) < 4.78 is 19.3. The van der Waals surface area contributed by atoms with Gasteiger partial charge in [0, 0.05) is 17.1 Å². The lowest BCUT2D eigenvalue weighted by Gasteiger charge is -2.10. The predicted octanol–water partition coefficient (Wildman–Crippen LogP) is 4.65. The van der Waals surface area contributed by atoms with Crippen molar-refractivity contribution in [3.8, 4) is 16.9 Å². The monoisotopic (exact) mass is 307 g/mol. The molecule has 0 fully saturated rings. The fourth-order valence-corrected chi connectivity index (χ4v) is 2.40. The molecule has 0 saturated carbocycles. The summed E-state index contributed by atoms with van der Waals surface area (Å²) in [5.74, 6) is -0.134. The maximum atomic E-state index is 14.3. The molecule has 0 radical (unpaired) electrons. The maximum Gasteiger partial charge on any atom is 0.172 e. The maximum absolute atomic E-state index is 14.3. The van der Waals surface area contributed by atoms with E-state index < -0.39 is 0 Å². The third-order valence-corrected chi connectivity index (χ3v) is 3.64. The summed E-state index contributed by atoms with van der Waals surface area (Å²) in [6.45, 7) is 3.78. The smallest absolute Gasteiger partial charge is 0.172 e. The van der Waals surface area contributed by atoms with E-state index in [1.165, 1.54) is 7.11 Å². The normalized spacial score (nSPS) is 10.7. The van der Waals surface area contributed by atoms with Crippen LogP contribution in [0.2, 0.25) is 5.02 Å². The summed E-state index contributed by atoms with van der Waals surface area (Å²) in [5, 5.41) is 3.94. The Balaban J connectivity index is 2.28. The minimum Gasteiger partial charge on any atom is -0.494 e. The van der Waals surface area contributed by atoms with Gasteiger partial charge in [0.2, 0.25) is 0 Å². The first kappa shape index (κ1) is 15.8. The Kier molecular flexibility index (Phi) is 5.59. The van der Waals surface area contributed by atoms with Crippen LogP contribution in [0.25, 0.3) is 11.1 Å². The average molecular weight is 308 g/mol. The molecule has 0 unspecified atom stereocenters. The van der Waals surface area contributed by atoms with Gasteiger partial charge in [-0.25, -0.2) is 4.39 Å². The number of nitrogens with one attached hydrogen (secondary N) is 1. The van der Waals surface area contributed by atoms with Crippen LogP contribution >= 0.6 is 11.6 Å². The molecule has 2 aromatic rings. The Bertz CT molecular complexity index is 616. The van der Waals surface area contributed by atoms with Crippen LogP contribution < -0.4 is 10.1 Å². The number of halogens is 2. The summed E-state index contributed by atoms with van der Waals surface area (Å²) in [7, 11) is 1.46. The van der Waals surface area contributed by atoms with Gasteiger partial charge in [-0.15, -0.1) is 0 Å². The van der Waals surface area contributed by atoms with Gasteiger partial charge in [0.15, 0.2) is 11.6 Å². The first-order chi connectivity index (χ1) is 10.2. The first-order valence-electron chi connectivity index (χ1n) is 6.99. The van der Waals surface area contributed by atoms with Crippen molar-refractivity contribution in [2.75, 3.05) is 13.7 Å². The minimum atomic E-state index is -0.368. The van der Waals surface area contributed by atoms with Gasteiger partial charge in [0.25, 0.3) is 0 Å². The number of rotatable bonds is 6. The van der Waals surface area contributed by atoms with Gasteiger partial charge < -0.3 is 10.1 Å². The van der Waals surface area contributed by atoms with Gasteiger partial charge in [0.1, 0.15) is 0 Å². The van der Waals surface area contributed by atoms with Crippen LogP contribution in [0.15, 0.2) is 36.4 Å². The van der Waals surface area contributed by atoms with E-state index in [2.05, 4.69) is 12.2 Å². The molecule has 2 aromatic carbocycles. The summed E-state index contributed by atoms with van der Waals surface area (Å²) in [5.41, 5.74) is 2.25. The summed E-state index contributed by atoms with van der Waals surface area (Å²) >= 11 is 6.29. The zero-order valence-electron chi connectivity index (χ0n) is 12.2. The largest absolute Gasteiger partial charge is 0.494 e. The SMILES string of the molecule is CCCNCc1ccc(-c2cccc(OC)c2F)cc1Cl. The number of hydrogen-bond donors (Lipinski definition) is 1. The van der Waals surface area contributed by atoms with Crippen LogP contribution in [0.4, 0.5) is 4.39 Å². The lowest BCUT2D eigenvalue weighted by molar-refractivity contribution is 0.387. The van der Waals surface area contributed by atoms with Gasteiger partial charge in [-0.3, -0.25) is 0 Å². The van der Waals surface area contributed by atoms with E-state index in [1.54, 1.807) is 24.3 Å². The lowest BCUT2D eigenvalue weighted by atomic mass is 10.0. The molecule has 0 spiro atoms. The minimum absolute atomic E-state index is 0.234. The molecule has 0 bridgehead atoms. The van der Waals surface area contributed by atoms with E-state index in [1.807, 2.05) is 12.1 Å². The Labute approximate surface area is 129 Å². The molecule has 2 rings (SSSR count). The zero-order chi connectivity index (χ0) is 15.2. The first-order valence-corrected chi connectivity index (χ1v) is 7.37. The van der Waals surface area contributed by atoms with Crippen molar-refractivity contribution in [2.24, 2.45) is 0 Å². The van der Waals surface area contributed by atoms with Crippen LogP contribution in [0.1, 0.15) is 18.9 Å². The Hall–Kier alpha value is -1.58. The van der Waals surface area contributed by atoms with Crippen molar-refractivity contribution in [2.45, 2.75) is 19.9 Å². The fraction of sp³-hybridized carbons (Fsp3) is 0.294. The molecule has 21 heavy (non-hydrogen) atoms. The van der Waals surface area contributed by atoms with Gasteiger partial charge in [0.05, 0.1) is 7.11 Å². The van der Waals surface area contributed by atoms with Gasteiger partial charge in [-0.05, 0) is 36.2 Å². The quantitative estimate of drug-likeness (QED) is 0.784. The number of benzene rings is 2. The third-order valence-electron chi connectivity index (χ3n) is 3.29. The second-order valence-electron chi connectivity index (χ2n) is 4.80. The molecule has 0 heterocycles. The second kappa shape index (κ2) is 7.43. The Morgan fingerprint density at radius 3 is 2.71 bits per heavy atom. The van der Waals surface area contributed by atoms with Crippen molar-refractivity contribution in [1.29, 1.82) is 0 Å². The molecule has 0 aliphatic carbocycles. The van der Waals surface area contributed by atoms with Crippen molar-refractivity contribution in [1.82, 2.24) is 5.32 Å². The summed E-state index contributed by atoms with van der Waals surface area (Å²) in [4.78, 5) is 0. The van der Waals surface area contributed by atoms with Crippen LogP contribution in [0, 0.1) is 5.82 Å². The second-order valence-corrected chi connectivity index (χ2v) is 5.21. The van der Waals surface area contributed by atoms with Crippen LogP contribution in [0.5, 0.6) is 5.75 Å². The molecule has 4 heteroatoms. The molecular formula is C17H19ClFNO. The molecule has 0 saturated heterocycles. The fourth-order valence-electron chi connectivity index (χ4n) is 2.15. The predicted molar refractivity (Wildman–Crippen MR) is 85.4 cm³/mol. The molecule has 0 atom stereocenters. The molecule has 0 amide bonds. The molecule has 0 aromatic heterocycles. The Morgan fingerprint density at radius 1 is 1.24 bits per heavy atom. The molecule has 0 aliphatic heterocycles. The van der Waals surface area contributed by atoms with Gasteiger partial charge >= 0.3 is 0 Å². The third kappa shape index (κ3) is 3.74. The highest BCUT2D eigenvalue weighted by Crippen LogP contribution is 2.31. The molecule has 0 aliphatic rings. The molecule has 2 nitrogen and oxygen atoms in total. The van der Waals surface area contributed by atoms with Crippen molar-refractivity contribution in [3.63, 3.8) is 0 Å². The number of hydrogen-bond acceptors (Lipinski definition) is 2. The van der Waals surface area contributed by atoms with Gasteiger partial charge in [-0.1, -0.05) is 42.8 Å². The highest BCUT2D eigenvalue weighted by Gasteiger charge is 2.11. The number of methoxy groups -OCH3 is 1. The highest BCUT2D eigenvalue weighted by molar-refractivity contribution is 6.31. The summed E-state index contributed by atoms with van der Waals surface area (Å²) in [6, 6.07) is 10.7. The zero-order valence-corrected chi connectivity index (χ0v) is 13.0. The molecular weight excluding hydrogens is 289 g/mol. The van der Waals surface area contributed by atoms with E-state index in [-0.39, 0.29) is 11.6 Å². The number of ether oxygens (including phenoxy) is 1. The topological polar surface area (TPSA) is 21.3 Å². The summed E-state index contributed by atoms with van der Waals surface area (Å²) in [6.07, 6.45) is 1.07. The van der Waals surface area contributed by atoms with E-state index in [0.717, 1.165) is 24.1 Å². The van der Waals surface area contributed by atoms with E-state index in [4.69, 9.17) is 16.3 Å². The van der Waals surface area contributed by atoms with E-state index in [0.29, 0.717) is 17.1 Å². The molecule has 112 valence electrons. The molecule has 1 N–H and O–H groups in total.